The van der Waals surface area contributed by atoms with Crippen molar-refractivity contribution in [2.75, 3.05) is 5.75 Å². The number of amidine groups is 1. The topological polar surface area (TPSA) is 62.8 Å². The van der Waals surface area contributed by atoms with Gasteiger partial charge in [0.25, 0.3) is 0 Å². The molecule has 0 unspecified atom stereocenters. The number of aryl methyl sites for hydroxylation is 1. The van der Waals surface area contributed by atoms with Gasteiger partial charge in [0.1, 0.15) is 10.9 Å². The third kappa shape index (κ3) is 2.21. The van der Waals surface area contributed by atoms with Crippen molar-refractivity contribution in [2.24, 2.45) is 5.73 Å². The van der Waals surface area contributed by atoms with E-state index in [2.05, 4.69) is 11.9 Å². The van der Waals surface area contributed by atoms with Crippen LogP contribution in [0.4, 0.5) is 0 Å². The lowest BCUT2D eigenvalue weighted by Crippen LogP contribution is -2.14. The average molecular weight is 195 g/mol. The summed E-state index contributed by atoms with van der Waals surface area (Å²) in [5, 5.41) is 8.28. The molecule has 0 aromatic carbocycles. The molecule has 0 aliphatic carbocycles. The van der Waals surface area contributed by atoms with Crippen LogP contribution in [0.5, 0.6) is 0 Å². The first kappa shape index (κ1) is 10.1. The van der Waals surface area contributed by atoms with E-state index in [9.17, 15) is 0 Å². The summed E-state index contributed by atoms with van der Waals surface area (Å²) in [5.74, 6) is 1.04. The van der Waals surface area contributed by atoms with E-state index in [0.717, 1.165) is 21.9 Å². The van der Waals surface area contributed by atoms with E-state index in [1.165, 1.54) is 0 Å². The van der Waals surface area contributed by atoms with Gasteiger partial charge in [-0.1, -0.05) is 6.92 Å². The molecule has 0 aliphatic rings. The predicted molar refractivity (Wildman–Crippen MR) is 56.4 cm³/mol. The number of nitrogens with one attached hydrogen (secondary N) is 1. The van der Waals surface area contributed by atoms with Gasteiger partial charge in [0, 0.05) is 6.20 Å². The Kier molecular flexibility index (Phi) is 3.31. The fourth-order valence-corrected chi connectivity index (χ4v) is 1.93. The summed E-state index contributed by atoms with van der Waals surface area (Å²) in [6.45, 7) is 4.00. The summed E-state index contributed by atoms with van der Waals surface area (Å²) in [7, 11) is 0. The van der Waals surface area contributed by atoms with Gasteiger partial charge in [-0.05, 0) is 24.3 Å². The van der Waals surface area contributed by atoms with Crippen LogP contribution in [-0.2, 0) is 0 Å². The number of nitrogens with two attached hydrogens (primary N) is 1. The number of pyridine rings is 1. The second-order valence-corrected chi connectivity index (χ2v) is 3.91. The molecule has 1 aromatic rings. The van der Waals surface area contributed by atoms with Gasteiger partial charge < -0.3 is 5.73 Å². The van der Waals surface area contributed by atoms with Crippen LogP contribution in [0.1, 0.15) is 18.1 Å². The second-order valence-electron chi connectivity index (χ2n) is 2.65. The van der Waals surface area contributed by atoms with Crippen molar-refractivity contribution < 1.29 is 0 Å². The number of hydrogen-bond acceptors (Lipinski definition) is 3. The van der Waals surface area contributed by atoms with Crippen molar-refractivity contribution in [1.29, 1.82) is 5.41 Å². The molecule has 1 rings (SSSR count). The van der Waals surface area contributed by atoms with Crippen LogP contribution in [-0.4, -0.2) is 16.6 Å². The maximum absolute atomic E-state index is 7.42. The molecule has 3 nitrogen and oxygen atoms in total. The minimum absolute atomic E-state index is 0.0987. The summed E-state index contributed by atoms with van der Waals surface area (Å²) < 4.78 is 0. The minimum atomic E-state index is 0.0987. The van der Waals surface area contributed by atoms with Gasteiger partial charge >= 0.3 is 0 Å². The SMILES string of the molecule is CCSc1nccc(C)c1C(=N)N. The van der Waals surface area contributed by atoms with Gasteiger partial charge in [0.2, 0.25) is 0 Å². The smallest absolute Gasteiger partial charge is 0.125 e. The van der Waals surface area contributed by atoms with Gasteiger partial charge in [-0.15, -0.1) is 11.8 Å². The fourth-order valence-electron chi connectivity index (χ4n) is 1.11. The molecule has 70 valence electrons. The van der Waals surface area contributed by atoms with E-state index in [0.29, 0.717) is 0 Å². The molecular weight excluding hydrogens is 182 g/mol. The second kappa shape index (κ2) is 4.28. The van der Waals surface area contributed by atoms with Gasteiger partial charge in [-0.2, -0.15) is 0 Å². The Morgan fingerprint density at radius 3 is 2.92 bits per heavy atom. The molecule has 0 saturated heterocycles. The van der Waals surface area contributed by atoms with Gasteiger partial charge in [-0.25, -0.2) is 4.98 Å². The van der Waals surface area contributed by atoms with Crippen molar-refractivity contribution >= 4 is 17.6 Å². The van der Waals surface area contributed by atoms with E-state index in [1.807, 2.05) is 13.0 Å². The Bertz CT molecular complexity index is 323. The van der Waals surface area contributed by atoms with Crippen molar-refractivity contribution in [1.82, 2.24) is 4.98 Å². The third-order valence-corrected chi connectivity index (χ3v) is 2.55. The van der Waals surface area contributed by atoms with Crippen molar-refractivity contribution in [3.63, 3.8) is 0 Å². The summed E-state index contributed by atoms with van der Waals surface area (Å²) in [6, 6.07) is 1.87. The Hall–Kier alpha value is -1.03. The maximum Gasteiger partial charge on any atom is 0.125 e. The Morgan fingerprint density at radius 2 is 2.38 bits per heavy atom. The van der Waals surface area contributed by atoms with Crippen LogP contribution < -0.4 is 5.73 Å². The van der Waals surface area contributed by atoms with Gasteiger partial charge in [-0.3, -0.25) is 5.41 Å². The van der Waals surface area contributed by atoms with Crippen LogP contribution >= 0.6 is 11.8 Å². The van der Waals surface area contributed by atoms with Crippen molar-refractivity contribution in [3.05, 3.63) is 23.4 Å². The molecule has 0 fully saturated rings. The molecule has 0 bridgehead atoms. The molecular formula is C9H13N3S. The van der Waals surface area contributed by atoms with Gasteiger partial charge in [0.15, 0.2) is 0 Å². The highest BCUT2D eigenvalue weighted by Gasteiger charge is 2.08. The number of nitrogen functional groups attached to an aromatic ring is 1. The third-order valence-electron chi connectivity index (χ3n) is 1.67. The fraction of sp³-hybridized carbons (Fsp3) is 0.333. The molecule has 0 amide bonds. The first-order chi connectivity index (χ1) is 6.16. The zero-order chi connectivity index (χ0) is 9.84. The summed E-state index contributed by atoms with van der Waals surface area (Å²) >= 11 is 1.61. The molecule has 1 aromatic heterocycles. The highest BCUT2D eigenvalue weighted by molar-refractivity contribution is 7.99. The minimum Gasteiger partial charge on any atom is -0.384 e. The number of nitrogens with zero attached hydrogens (tertiary/aromatic N) is 1. The molecule has 4 heteroatoms. The summed E-state index contributed by atoms with van der Waals surface area (Å²) in [5.41, 5.74) is 7.26. The van der Waals surface area contributed by atoms with Crippen LogP contribution in [0.3, 0.4) is 0 Å². The molecule has 0 radical (unpaired) electrons. The van der Waals surface area contributed by atoms with E-state index >= 15 is 0 Å². The largest absolute Gasteiger partial charge is 0.384 e. The normalized spacial score (nSPS) is 10.0. The number of aromatic nitrogens is 1. The highest BCUT2D eigenvalue weighted by atomic mass is 32.2. The average Bonchev–Trinajstić information content (AvgIpc) is 2.04. The monoisotopic (exact) mass is 195 g/mol. The zero-order valence-electron chi connectivity index (χ0n) is 7.79. The van der Waals surface area contributed by atoms with Crippen molar-refractivity contribution in [3.8, 4) is 0 Å². The molecule has 1 heterocycles. The first-order valence-electron chi connectivity index (χ1n) is 4.09. The summed E-state index contributed by atoms with van der Waals surface area (Å²) in [6.07, 6.45) is 1.75. The maximum atomic E-state index is 7.42. The zero-order valence-corrected chi connectivity index (χ0v) is 8.61. The van der Waals surface area contributed by atoms with Crippen molar-refractivity contribution in [2.45, 2.75) is 18.9 Å². The van der Waals surface area contributed by atoms with E-state index < -0.39 is 0 Å². The lowest BCUT2D eigenvalue weighted by atomic mass is 10.1. The molecule has 0 spiro atoms. The molecule has 0 aliphatic heterocycles. The van der Waals surface area contributed by atoms with Crippen LogP contribution in [0.15, 0.2) is 17.3 Å². The van der Waals surface area contributed by atoms with Crippen LogP contribution in [0.2, 0.25) is 0 Å². The van der Waals surface area contributed by atoms with E-state index in [-0.39, 0.29) is 5.84 Å². The highest BCUT2D eigenvalue weighted by Crippen LogP contribution is 2.21. The molecule has 3 N–H and O–H groups in total. The lowest BCUT2D eigenvalue weighted by molar-refractivity contribution is 1.09. The molecule has 0 atom stereocenters. The van der Waals surface area contributed by atoms with Gasteiger partial charge in [0.05, 0.1) is 5.56 Å². The van der Waals surface area contributed by atoms with E-state index in [1.54, 1.807) is 18.0 Å². The Balaban J connectivity index is 3.17. The van der Waals surface area contributed by atoms with E-state index in [4.69, 9.17) is 11.1 Å². The number of hydrogen-bond donors (Lipinski definition) is 2. The summed E-state index contributed by atoms with van der Waals surface area (Å²) in [4.78, 5) is 4.19. The van der Waals surface area contributed by atoms with Crippen LogP contribution in [0, 0.1) is 12.3 Å². The number of thioether (sulfide) groups is 1. The quantitative estimate of drug-likeness (QED) is 0.439. The van der Waals surface area contributed by atoms with Crippen LogP contribution in [0.25, 0.3) is 0 Å². The Labute approximate surface area is 82.3 Å². The number of rotatable bonds is 3. The predicted octanol–water partition coefficient (Wildman–Crippen LogP) is 1.79. The lowest BCUT2D eigenvalue weighted by Gasteiger charge is -2.07. The standard InChI is InChI=1S/C9H13N3S/c1-3-13-9-7(8(10)11)6(2)4-5-12-9/h4-5H,3H2,1-2H3,(H3,10,11). The molecule has 13 heavy (non-hydrogen) atoms. The first-order valence-corrected chi connectivity index (χ1v) is 5.08. The Morgan fingerprint density at radius 1 is 1.69 bits per heavy atom. The molecule has 0 saturated carbocycles.